The molecule has 1 aromatic rings. The molecule has 0 atom stereocenters. The van der Waals surface area contributed by atoms with Crippen LogP contribution in [0.1, 0.15) is 48.8 Å². The van der Waals surface area contributed by atoms with Gasteiger partial charge in [-0.05, 0) is 50.8 Å². The fraction of sp³-hybridized carbons (Fsp3) is 0.611. The van der Waals surface area contributed by atoms with Crippen LogP contribution >= 0.6 is 0 Å². The maximum atomic E-state index is 12.8. The zero-order valence-corrected chi connectivity index (χ0v) is 13.4. The number of nitrogens with two attached hydrogens (primary N) is 1. The summed E-state index contributed by atoms with van der Waals surface area (Å²) in [4.78, 5) is 14.9. The van der Waals surface area contributed by atoms with Crippen LogP contribution in [0.25, 0.3) is 0 Å². The molecule has 1 saturated carbocycles. The number of amides is 1. The fourth-order valence-corrected chi connectivity index (χ4v) is 3.24. The van der Waals surface area contributed by atoms with Crippen molar-refractivity contribution >= 4 is 5.91 Å². The Hall–Kier alpha value is -1.35. The van der Waals surface area contributed by atoms with Crippen molar-refractivity contribution in [3.8, 4) is 0 Å². The van der Waals surface area contributed by atoms with Gasteiger partial charge in [-0.2, -0.15) is 0 Å². The van der Waals surface area contributed by atoms with Crippen LogP contribution in [0.2, 0.25) is 0 Å². The Morgan fingerprint density at radius 1 is 1.29 bits per heavy atom. The van der Waals surface area contributed by atoms with Gasteiger partial charge in [0.05, 0.1) is 6.42 Å². The number of carbonyl (C=O) groups excluding carboxylic acids is 1. The van der Waals surface area contributed by atoms with Crippen LogP contribution in [-0.2, 0) is 11.2 Å². The van der Waals surface area contributed by atoms with Gasteiger partial charge in [-0.1, -0.05) is 36.6 Å². The molecule has 0 aliphatic heterocycles. The summed E-state index contributed by atoms with van der Waals surface area (Å²) in [6.45, 7) is 5.63. The van der Waals surface area contributed by atoms with E-state index >= 15 is 0 Å². The maximum Gasteiger partial charge on any atom is 0.227 e. The van der Waals surface area contributed by atoms with E-state index in [9.17, 15) is 4.79 Å². The molecule has 1 amide bonds. The van der Waals surface area contributed by atoms with Crippen molar-refractivity contribution in [1.82, 2.24) is 4.90 Å². The van der Waals surface area contributed by atoms with E-state index in [4.69, 9.17) is 5.73 Å². The van der Waals surface area contributed by atoms with E-state index in [1.807, 2.05) is 0 Å². The van der Waals surface area contributed by atoms with Crippen molar-refractivity contribution in [3.05, 3.63) is 34.9 Å². The molecule has 21 heavy (non-hydrogen) atoms. The van der Waals surface area contributed by atoms with Crippen molar-refractivity contribution in [2.75, 3.05) is 13.1 Å². The zero-order valence-electron chi connectivity index (χ0n) is 13.4. The van der Waals surface area contributed by atoms with Gasteiger partial charge in [0.1, 0.15) is 0 Å². The third-order valence-electron chi connectivity index (χ3n) is 4.54. The monoisotopic (exact) mass is 288 g/mol. The van der Waals surface area contributed by atoms with Crippen LogP contribution in [0.5, 0.6) is 0 Å². The molecule has 3 heteroatoms. The first-order valence-corrected chi connectivity index (χ1v) is 8.17. The largest absolute Gasteiger partial charge is 0.339 e. The second kappa shape index (κ2) is 7.60. The summed E-state index contributed by atoms with van der Waals surface area (Å²) in [6.07, 6.45) is 6.23. The number of benzene rings is 1. The van der Waals surface area contributed by atoms with Crippen LogP contribution in [0, 0.1) is 13.8 Å². The Bertz CT molecular complexity index is 478. The van der Waals surface area contributed by atoms with Gasteiger partial charge < -0.3 is 10.6 Å². The first-order valence-electron chi connectivity index (χ1n) is 8.17. The summed E-state index contributed by atoms with van der Waals surface area (Å²) in [5, 5.41) is 0. The normalized spacial score (nSPS) is 15.4. The summed E-state index contributed by atoms with van der Waals surface area (Å²) in [5.41, 5.74) is 9.22. The molecule has 0 unspecified atom stereocenters. The SMILES string of the molecule is Cc1ccc(C)c(CC(=O)N(CCCN)C2CCCC2)c1. The summed E-state index contributed by atoms with van der Waals surface area (Å²) in [6, 6.07) is 6.79. The van der Waals surface area contributed by atoms with E-state index < -0.39 is 0 Å². The van der Waals surface area contributed by atoms with Gasteiger partial charge in [0.25, 0.3) is 0 Å². The highest BCUT2D eigenvalue weighted by molar-refractivity contribution is 5.79. The quantitative estimate of drug-likeness (QED) is 0.874. The molecule has 0 saturated heterocycles. The number of aryl methyl sites for hydroxylation is 2. The van der Waals surface area contributed by atoms with Crippen molar-refractivity contribution in [3.63, 3.8) is 0 Å². The van der Waals surface area contributed by atoms with E-state index in [1.54, 1.807) is 0 Å². The second-order valence-electron chi connectivity index (χ2n) is 6.27. The molecule has 3 nitrogen and oxygen atoms in total. The molecule has 1 fully saturated rings. The molecule has 1 aromatic carbocycles. The lowest BCUT2D eigenvalue weighted by Crippen LogP contribution is -2.41. The molecule has 2 rings (SSSR count). The molecule has 0 aromatic heterocycles. The van der Waals surface area contributed by atoms with Gasteiger partial charge in [-0.25, -0.2) is 0 Å². The fourth-order valence-electron chi connectivity index (χ4n) is 3.24. The molecule has 1 aliphatic carbocycles. The van der Waals surface area contributed by atoms with Crippen LogP contribution in [0.15, 0.2) is 18.2 Å². The van der Waals surface area contributed by atoms with Crippen molar-refractivity contribution in [2.24, 2.45) is 5.73 Å². The average Bonchev–Trinajstić information content (AvgIpc) is 2.97. The number of hydrogen-bond donors (Lipinski definition) is 1. The Morgan fingerprint density at radius 2 is 2.00 bits per heavy atom. The number of carbonyl (C=O) groups is 1. The molecule has 0 bridgehead atoms. The predicted octanol–water partition coefficient (Wildman–Crippen LogP) is 2.97. The summed E-state index contributed by atoms with van der Waals surface area (Å²) < 4.78 is 0. The van der Waals surface area contributed by atoms with Gasteiger partial charge >= 0.3 is 0 Å². The minimum Gasteiger partial charge on any atom is -0.339 e. The minimum absolute atomic E-state index is 0.268. The first kappa shape index (κ1) is 16.0. The highest BCUT2D eigenvalue weighted by atomic mass is 16.2. The van der Waals surface area contributed by atoms with Crippen LogP contribution < -0.4 is 5.73 Å². The molecular formula is C18H28N2O. The lowest BCUT2D eigenvalue weighted by atomic mass is 10.0. The Balaban J connectivity index is 2.08. The molecule has 0 heterocycles. The number of rotatable bonds is 6. The van der Waals surface area contributed by atoms with Crippen molar-refractivity contribution in [1.29, 1.82) is 0 Å². The van der Waals surface area contributed by atoms with Crippen LogP contribution in [0.4, 0.5) is 0 Å². The first-order chi connectivity index (χ1) is 10.1. The lowest BCUT2D eigenvalue weighted by molar-refractivity contribution is -0.132. The lowest BCUT2D eigenvalue weighted by Gasteiger charge is -2.29. The van der Waals surface area contributed by atoms with E-state index in [0.29, 0.717) is 19.0 Å². The van der Waals surface area contributed by atoms with Gasteiger partial charge in [0.15, 0.2) is 0 Å². The molecule has 116 valence electrons. The minimum atomic E-state index is 0.268. The predicted molar refractivity (Wildman–Crippen MR) is 87.3 cm³/mol. The summed E-state index contributed by atoms with van der Waals surface area (Å²) >= 11 is 0. The van der Waals surface area contributed by atoms with Gasteiger partial charge in [-0.15, -0.1) is 0 Å². The van der Waals surface area contributed by atoms with Crippen molar-refractivity contribution in [2.45, 2.75) is 58.4 Å². The average molecular weight is 288 g/mol. The Morgan fingerprint density at radius 3 is 2.67 bits per heavy atom. The summed E-state index contributed by atoms with van der Waals surface area (Å²) in [5.74, 6) is 0.268. The maximum absolute atomic E-state index is 12.8. The standard InChI is InChI=1S/C18H28N2O/c1-14-8-9-15(2)16(12-14)13-18(21)20(11-5-10-19)17-6-3-4-7-17/h8-9,12,17H,3-7,10-11,13,19H2,1-2H3. The number of nitrogens with zero attached hydrogens (tertiary/aromatic N) is 1. The Labute approximate surface area is 128 Å². The molecular weight excluding hydrogens is 260 g/mol. The molecule has 2 N–H and O–H groups in total. The third-order valence-corrected chi connectivity index (χ3v) is 4.54. The topological polar surface area (TPSA) is 46.3 Å². The zero-order chi connectivity index (χ0) is 15.2. The third kappa shape index (κ3) is 4.31. The Kier molecular flexibility index (Phi) is 5.80. The van der Waals surface area contributed by atoms with Crippen LogP contribution in [-0.4, -0.2) is 29.9 Å². The van der Waals surface area contributed by atoms with Crippen molar-refractivity contribution < 1.29 is 4.79 Å². The van der Waals surface area contributed by atoms with E-state index in [-0.39, 0.29) is 5.91 Å². The molecule has 0 radical (unpaired) electrons. The van der Waals surface area contributed by atoms with Gasteiger partial charge in [0.2, 0.25) is 5.91 Å². The highest BCUT2D eigenvalue weighted by Crippen LogP contribution is 2.24. The number of hydrogen-bond acceptors (Lipinski definition) is 2. The smallest absolute Gasteiger partial charge is 0.227 e. The second-order valence-corrected chi connectivity index (χ2v) is 6.27. The van der Waals surface area contributed by atoms with Crippen LogP contribution in [0.3, 0.4) is 0 Å². The van der Waals surface area contributed by atoms with Gasteiger partial charge in [0, 0.05) is 12.6 Å². The van der Waals surface area contributed by atoms with Gasteiger partial charge in [-0.3, -0.25) is 4.79 Å². The van der Waals surface area contributed by atoms with E-state index in [1.165, 1.54) is 24.0 Å². The molecule has 0 spiro atoms. The van der Waals surface area contributed by atoms with E-state index in [2.05, 4.69) is 36.9 Å². The molecule has 1 aliphatic rings. The highest BCUT2D eigenvalue weighted by Gasteiger charge is 2.26. The van der Waals surface area contributed by atoms with E-state index in [0.717, 1.165) is 31.4 Å². The summed E-state index contributed by atoms with van der Waals surface area (Å²) in [7, 11) is 0.